The number of benzene rings is 3. The number of hydrogen-bond donors (Lipinski definition) is 0. The lowest BCUT2D eigenvalue weighted by atomic mass is 9.75. The van der Waals surface area contributed by atoms with Gasteiger partial charge in [0.05, 0.1) is 11.6 Å². The molecule has 1 unspecified atom stereocenters. The van der Waals surface area contributed by atoms with Gasteiger partial charge in [-0.2, -0.15) is 0 Å². The van der Waals surface area contributed by atoms with E-state index in [0.717, 1.165) is 12.1 Å². The van der Waals surface area contributed by atoms with Crippen LogP contribution < -0.4 is 0 Å². The van der Waals surface area contributed by atoms with Crippen LogP contribution in [0.4, 0.5) is 0 Å². The molecule has 0 saturated carbocycles. The molecule has 1 aliphatic heterocycles. The van der Waals surface area contributed by atoms with Gasteiger partial charge < -0.3 is 0 Å². The van der Waals surface area contributed by atoms with Crippen molar-refractivity contribution in [3.63, 3.8) is 0 Å². The molecule has 156 valence electrons. The van der Waals surface area contributed by atoms with E-state index in [1.807, 2.05) is 13.8 Å². The first-order chi connectivity index (χ1) is 15.2. The highest BCUT2D eigenvalue weighted by Gasteiger charge is 2.35. The first-order valence-corrected chi connectivity index (χ1v) is 11.4. The lowest BCUT2D eigenvalue weighted by Crippen LogP contribution is -2.17. The van der Waals surface area contributed by atoms with Crippen LogP contribution in [-0.2, 0) is 6.42 Å². The molecule has 0 bridgehead atoms. The van der Waals surface area contributed by atoms with Crippen LogP contribution in [0.3, 0.4) is 0 Å². The van der Waals surface area contributed by atoms with Gasteiger partial charge in [0.1, 0.15) is 0 Å². The van der Waals surface area contributed by atoms with E-state index in [2.05, 4.69) is 99.6 Å². The van der Waals surface area contributed by atoms with E-state index in [0.29, 0.717) is 0 Å². The molecule has 0 fully saturated rings. The summed E-state index contributed by atoms with van der Waals surface area (Å²) in [5.41, 5.74) is 12.9. The fourth-order valence-corrected chi connectivity index (χ4v) is 4.70. The van der Waals surface area contributed by atoms with Gasteiger partial charge in [0.25, 0.3) is 0 Å². The van der Waals surface area contributed by atoms with Crippen molar-refractivity contribution in [1.29, 1.82) is 0 Å². The largest absolute Gasteiger partial charge is 0.256 e. The monoisotopic (exact) mass is 405 g/mol. The van der Waals surface area contributed by atoms with E-state index in [9.17, 15) is 0 Å². The summed E-state index contributed by atoms with van der Waals surface area (Å²) >= 11 is 0. The average Bonchev–Trinajstić information content (AvgIpc) is 3.19. The fourth-order valence-electron chi connectivity index (χ4n) is 4.70. The lowest BCUT2D eigenvalue weighted by molar-refractivity contribution is 1.02. The van der Waals surface area contributed by atoms with Gasteiger partial charge in [0.2, 0.25) is 0 Å². The van der Waals surface area contributed by atoms with E-state index in [4.69, 9.17) is 4.99 Å². The second-order valence-electron chi connectivity index (χ2n) is 8.02. The molecule has 2 aliphatic rings. The van der Waals surface area contributed by atoms with Crippen LogP contribution in [0.2, 0.25) is 0 Å². The summed E-state index contributed by atoms with van der Waals surface area (Å²) in [6, 6.07) is 26.4. The highest BCUT2D eigenvalue weighted by Crippen LogP contribution is 2.46. The molecule has 0 aromatic heterocycles. The minimum atomic E-state index is 0.240. The van der Waals surface area contributed by atoms with Crippen molar-refractivity contribution in [2.75, 3.05) is 0 Å². The van der Waals surface area contributed by atoms with Gasteiger partial charge >= 0.3 is 0 Å². The second-order valence-corrected chi connectivity index (χ2v) is 8.02. The molecule has 0 amide bonds. The summed E-state index contributed by atoms with van der Waals surface area (Å²) in [5.74, 6) is 0.240. The molecule has 1 heteroatoms. The molecule has 1 nitrogen and oxygen atoms in total. The third kappa shape index (κ3) is 3.81. The Morgan fingerprint density at radius 1 is 0.774 bits per heavy atom. The molecule has 0 N–H and O–H groups in total. The third-order valence-corrected chi connectivity index (χ3v) is 6.20. The predicted octanol–water partition coefficient (Wildman–Crippen LogP) is 8.22. The number of nitrogens with zero attached hydrogens (tertiary/aromatic N) is 1. The van der Waals surface area contributed by atoms with Gasteiger partial charge in [-0.3, -0.25) is 4.99 Å². The lowest BCUT2D eigenvalue weighted by Gasteiger charge is -2.26. The molecule has 31 heavy (non-hydrogen) atoms. The highest BCUT2D eigenvalue weighted by molar-refractivity contribution is 6.11. The Kier molecular flexibility index (Phi) is 6.04. The Hall–Kier alpha value is -3.19. The normalized spacial score (nSPS) is 16.6. The molecule has 3 aromatic rings. The Labute approximate surface area is 186 Å². The molecular weight excluding hydrogens is 374 g/mol. The number of rotatable bonds is 3. The molecule has 0 saturated heterocycles. The van der Waals surface area contributed by atoms with Crippen molar-refractivity contribution < 1.29 is 0 Å². The molecule has 0 radical (unpaired) electrons. The molecule has 1 atom stereocenters. The van der Waals surface area contributed by atoms with Gasteiger partial charge in [-0.1, -0.05) is 99.6 Å². The molecule has 3 aromatic carbocycles. The maximum absolute atomic E-state index is 5.07. The molecule has 5 rings (SSSR count). The first kappa shape index (κ1) is 21.1. The van der Waals surface area contributed by atoms with E-state index in [-0.39, 0.29) is 5.92 Å². The zero-order chi connectivity index (χ0) is 22.0. The minimum absolute atomic E-state index is 0.240. The van der Waals surface area contributed by atoms with Gasteiger partial charge in [-0.15, -0.1) is 0 Å². The zero-order valence-corrected chi connectivity index (χ0v) is 19.2. The third-order valence-electron chi connectivity index (χ3n) is 6.20. The van der Waals surface area contributed by atoms with Crippen molar-refractivity contribution in [1.82, 2.24) is 0 Å². The van der Waals surface area contributed by atoms with Crippen molar-refractivity contribution in [2.45, 2.75) is 47.0 Å². The Bertz CT molecular complexity index is 1170. The van der Waals surface area contributed by atoms with Crippen molar-refractivity contribution in [3.05, 3.63) is 112 Å². The molecule has 0 spiro atoms. The van der Waals surface area contributed by atoms with Crippen LogP contribution in [0.25, 0.3) is 17.2 Å². The van der Waals surface area contributed by atoms with Crippen LogP contribution in [0.15, 0.2) is 94.6 Å². The van der Waals surface area contributed by atoms with Crippen LogP contribution in [0.1, 0.15) is 62.8 Å². The van der Waals surface area contributed by atoms with Gasteiger partial charge in [-0.25, -0.2) is 0 Å². The molecule has 1 heterocycles. The number of fused-ring (bicyclic) bond motifs is 3. The molecular formula is C30H31N. The SMILES string of the molecule is CC.CCc1ccc2c(c1)C1C(c3ccc(-c4ccccc4)cc3)=NC(C)=C1C(C)=C2. The van der Waals surface area contributed by atoms with Crippen LogP contribution >= 0.6 is 0 Å². The summed E-state index contributed by atoms with van der Waals surface area (Å²) in [5, 5.41) is 0. The Balaban J connectivity index is 0.00000112. The standard InChI is InChI=1S/C28H25N.C2H6/c1-4-20-10-11-24-16-18(2)26-19(3)29-28(27(26)25(24)17-20)23-14-12-22(13-15-23)21-8-6-5-7-9-21;1-2/h5-17,27H,4H2,1-3H3;1-2H3. The summed E-state index contributed by atoms with van der Waals surface area (Å²) in [7, 11) is 0. The van der Waals surface area contributed by atoms with Gasteiger partial charge in [0, 0.05) is 5.70 Å². The maximum Gasteiger partial charge on any atom is 0.0599 e. The number of aryl methyl sites for hydroxylation is 1. The van der Waals surface area contributed by atoms with Crippen LogP contribution in [0, 0.1) is 0 Å². The van der Waals surface area contributed by atoms with E-state index in [1.165, 1.54) is 50.2 Å². The zero-order valence-electron chi connectivity index (χ0n) is 19.2. The average molecular weight is 406 g/mol. The topological polar surface area (TPSA) is 12.4 Å². The summed E-state index contributed by atoms with van der Waals surface area (Å²) < 4.78 is 0. The first-order valence-electron chi connectivity index (χ1n) is 11.4. The number of aliphatic imine (C=N–C) groups is 1. The smallest absolute Gasteiger partial charge is 0.0599 e. The summed E-state index contributed by atoms with van der Waals surface area (Å²) in [6.07, 6.45) is 3.38. The minimum Gasteiger partial charge on any atom is -0.256 e. The Morgan fingerprint density at radius 2 is 1.42 bits per heavy atom. The Morgan fingerprint density at radius 3 is 2.10 bits per heavy atom. The van der Waals surface area contributed by atoms with Crippen LogP contribution in [-0.4, -0.2) is 5.71 Å². The van der Waals surface area contributed by atoms with Crippen molar-refractivity contribution in [2.24, 2.45) is 4.99 Å². The number of hydrogen-bond acceptors (Lipinski definition) is 1. The van der Waals surface area contributed by atoms with Crippen LogP contribution in [0.5, 0.6) is 0 Å². The second kappa shape index (κ2) is 8.89. The number of allylic oxidation sites excluding steroid dienone is 3. The molecule has 1 aliphatic carbocycles. The predicted molar refractivity (Wildman–Crippen MR) is 135 cm³/mol. The van der Waals surface area contributed by atoms with Crippen molar-refractivity contribution in [3.8, 4) is 11.1 Å². The van der Waals surface area contributed by atoms with E-state index < -0.39 is 0 Å². The quantitative estimate of drug-likeness (QED) is 0.416. The fraction of sp³-hybridized carbons (Fsp3) is 0.233. The van der Waals surface area contributed by atoms with Gasteiger partial charge in [-0.05, 0) is 64.8 Å². The van der Waals surface area contributed by atoms with E-state index >= 15 is 0 Å². The van der Waals surface area contributed by atoms with Gasteiger partial charge in [0.15, 0.2) is 0 Å². The summed E-state index contributed by atoms with van der Waals surface area (Å²) in [6.45, 7) is 10.6. The highest BCUT2D eigenvalue weighted by atomic mass is 14.8. The maximum atomic E-state index is 5.07. The van der Waals surface area contributed by atoms with Crippen molar-refractivity contribution >= 4 is 11.8 Å². The summed E-state index contributed by atoms with van der Waals surface area (Å²) in [4.78, 5) is 5.07. The van der Waals surface area contributed by atoms with E-state index in [1.54, 1.807) is 0 Å².